The summed E-state index contributed by atoms with van der Waals surface area (Å²) in [7, 11) is 2.27. The first kappa shape index (κ1) is 18.4. The Morgan fingerprint density at radius 1 is 1.16 bits per heavy atom. The number of ether oxygens (including phenoxy) is 2. The highest BCUT2D eigenvalue weighted by molar-refractivity contribution is 6.33. The zero-order valence-corrected chi connectivity index (χ0v) is 14.0. The number of methoxy groups -OCH3 is 2. The molecular formula is C17H13ClFNO5. The van der Waals surface area contributed by atoms with Gasteiger partial charge in [-0.2, -0.15) is 0 Å². The highest BCUT2D eigenvalue weighted by atomic mass is 35.5. The molecule has 0 saturated heterocycles. The van der Waals surface area contributed by atoms with Gasteiger partial charge in [-0.15, -0.1) is 0 Å². The fraction of sp³-hybridized carbons (Fsp3) is 0.118. The van der Waals surface area contributed by atoms with Crippen molar-refractivity contribution < 1.29 is 28.2 Å². The average molecular weight is 366 g/mol. The fourth-order valence-electron chi connectivity index (χ4n) is 2.18. The maximum Gasteiger partial charge on any atom is 0.355 e. The van der Waals surface area contributed by atoms with Crippen LogP contribution in [0.2, 0.25) is 5.02 Å². The predicted molar refractivity (Wildman–Crippen MR) is 88.6 cm³/mol. The highest BCUT2D eigenvalue weighted by Gasteiger charge is 2.29. The van der Waals surface area contributed by atoms with Gasteiger partial charge in [0.2, 0.25) is 0 Å². The van der Waals surface area contributed by atoms with Crippen LogP contribution in [0.25, 0.3) is 0 Å². The van der Waals surface area contributed by atoms with Gasteiger partial charge >= 0.3 is 11.9 Å². The molecule has 0 fully saturated rings. The second kappa shape index (κ2) is 7.76. The fourth-order valence-corrected chi connectivity index (χ4v) is 2.39. The van der Waals surface area contributed by atoms with Gasteiger partial charge in [-0.05, 0) is 24.3 Å². The van der Waals surface area contributed by atoms with Crippen molar-refractivity contribution in [2.45, 2.75) is 0 Å². The summed E-state index contributed by atoms with van der Waals surface area (Å²) in [6.45, 7) is 0. The van der Waals surface area contributed by atoms with Crippen LogP contribution < -0.4 is 4.90 Å². The van der Waals surface area contributed by atoms with Crippen LogP contribution >= 0.6 is 11.6 Å². The molecule has 25 heavy (non-hydrogen) atoms. The molecule has 1 aliphatic heterocycles. The minimum atomic E-state index is -0.927. The number of halogens is 2. The first-order valence-corrected chi connectivity index (χ1v) is 7.32. The molecule has 0 spiro atoms. The summed E-state index contributed by atoms with van der Waals surface area (Å²) in [5, 5.41) is -0.401. The lowest BCUT2D eigenvalue weighted by Crippen LogP contribution is -2.27. The van der Waals surface area contributed by atoms with Crippen LogP contribution in [0.5, 0.6) is 0 Å². The molecule has 1 aromatic rings. The summed E-state index contributed by atoms with van der Waals surface area (Å²) >= 11 is 5.85. The van der Waals surface area contributed by atoms with Crippen LogP contribution in [0.4, 0.5) is 10.1 Å². The molecule has 1 heterocycles. The Balaban J connectivity index is 2.73. The second-order valence-electron chi connectivity index (χ2n) is 4.74. The van der Waals surface area contributed by atoms with E-state index in [0.717, 1.165) is 19.1 Å². The normalized spacial score (nSPS) is 13.5. The van der Waals surface area contributed by atoms with Crippen molar-refractivity contribution in [3.8, 4) is 0 Å². The average Bonchev–Trinajstić information content (AvgIpc) is 2.85. The predicted octanol–water partition coefficient (Wildman–Crippen LogP) is 2.78. The first-order valence-electron chi connectivity index (χ1n) is 6.94. The Hall–Kier alpha value is -2.93. The summed E-state index contributed by atoms with van der Waals surface area (Å²) in [6.07, 6.45) is 6.07. The molecule has 0 N–H and O–H groups in total. The van der Waals surface area contributed by atoms with E-state index in [1.165, 1.54) is 36.6 Å². The Morgan fingerprint density at radius 2 is 1.84 bits per heavy atom. The SMILES string of the molecule is COC(=O)C1=C(C(=O)OC)N(c2ccc(C=O)c(Cl)c2F)C=CC=C1. The number of hydrogen-bond donors (Lipinski definition) is 0. The molecule has 0 saturated carbocycles. The van der Waals surface area contributed by atoms with E-state index in [0.29, 0.717) is 6.29 Å². The first-order chi connectivity index (χ1) is 12.0. The lowest BCUT2D eigenvalue weighted by atomic mass is 10.1. The smallest absolute Gasteiger partial charge is 0.355 e. The van der Waals surface area contributed by atoms with Gasteiger partial charge in [-0.1, -0.05) is 17.7 Å². The molecule has 0 bridgehead atoms. The third-order valence-corrected chi connectivity index (χ3v) is 3.75. The molecule has 0 radical (unpaired) electrons. The monoisotopic (exact) mass is 365 g/mol. The number of nitrogens with zero attached hydrogens (tertiary/aromatic N) is 1. The van der Waals surface area contributed by atoms with Gasteiger partial charge in [0.15, 0.2) is 12.1 Å². The molecule has 0 aromatic heterocycles. The van der Waals surface area contributed by atoms with E-state index in [4.69, 9.17) is 16.3 Å². The maximum atomic E-state index is 14.6. The molecule has 0 aliphatic carbocycles. The number of rotatable bonds is 4. The van der Waals surface area contributed by atoms with Gasteiger partial charge in [-0.25, -0.2) is 14.0 Å². The summed E-state index contributed by atoms with van der Waals surface area (Å²) < 4.78 is 24.0. The van der Waals surface area contributed by atoms with Gasteiger partial charge in [0, 0.05) is 11.8 Å². The van der Waals surface area contributed by atoms with E-state index in [1.54, 1.807) is 0 Å². The number of benzene rings is 1. The van der Waals surface area contributed by atoms with E-state index in [9.17, 15) is 18.8 Å². The van der Waals surface area contributed by atoms with E-state index < -0.39 is 22.8 Å². The third-order valence-electron chi connectivity index (χ3n) is 3.37. The number of carbonyl (C=O) groups is 3. The van der Waals surface area contributed by atoms with Crippen molar-refractivity contribution in [1.29, 1.82) is 0 Å². The summed E-state index contributed by atoms with van der Waals surface area (Å²) in [6, 6.07) is 2.56. The topological polar surface area (TPSA) is 72.9 Å². The minimum Gasteiger partial charge on any atom is -0.465 e. The molecule has 8 heteroatoms. The quantitative estimate of drug-likeness (QED) is 0.603. The largest absolute Gasteiger partial charge is 0.465 e. The van der Waals surface area contributed by atoms with Crippen LogP contribution in [0.3, 0.4) is 0 Å². The zero-order valence-electron chi connectivity index (χ0n) is 13.3. The van der Waals surface area contributed by atoms with Crippen LogP contribution in [0.1, 0.15) is 10.4 Å². The number of aldehydes is 1. The van der Waals surface area contributed by atoms with Crippen molar-refractivity contribution in [3.63, 3.8) is 0 Å². The summed E-state index contributed by atoms with van der Waals surface area (Å²) in [5.41, 5.74) is -0.573. The lowest BCUT2D eigenvalue weighted by molar-refractivity contribution is -0.139. The highest BCUT2D eigenvalue weighted by Crippen LogP contribution is 2.33. The van der Waals surface area contributed by atoms with Crippen molar-refractivity contribution >= 4 is 35.5 Å². The van der Waals surface area contributed by atoms with Crippen LogP contribution in [-0.4, -0.2) is 32.4 Å². The van der Waals surface area contributed by atoms with E-state index in [-0.39, 0.29) is 22.5 Å². The van der Waals surface area contributed by atoms with Gasteiger partial charge < -0.3 is 14.4 Å². The van der Waals surface area contributed by atoms with Crippen molar-refractivity contribution in [1.82, 2.24) is 0 Å². The summed E-state index contributed by atoms with van der Waals surface area (Å²) in [5.74, 6) is -2.61. The van der Waals surface area contributed by atoms with Crippen LogP contribution in [0, 0.1) is 5.82 Å². The standard InChI is InChI=1S/C17H13ClFNO5/c1-24-16(22)11-5-3-4-8-20(15(11)17(23)25-2)12-7-6-10(9-21)13(18)14(12)19/h3-9H,1-2H3. The maximum absolute atomic E-state index is 14.6. The van der Waals surface area contributed by atoms with Crippen LogP contribution in [0.15, 0.2) is 47.8 Å². The molecule has 1 aliphatic rings. The van der Waals surface area contributed by atoms with Crippen LogP contribution in [-0.2, 0) is 19.1 Å². The Kier molecular flexibility index (Phi) is 5.71. The van der Waals surface area contributed by atoms with Gasteiger partial charge in [0.25, 0.3) is 0 Å². The molecular weight excluding hydrogens is 353 g/mol. The Morgan fingerprint density at radius 3 is 2.44 bits per heavy atom. The lowest BCUT2D eigenvalue weighted by Gasteiger charge is -2.24. The number of esters is 2. The Bertz CT molecular complexity index is 829. The number of carbonyl (C=O) groups excluding carboxylic acids is 3. The van der Waals surface area contributed by atoms with E-state index >= 15 is 0 Å². The Labute approximate surface area is 147 Å². The van der Waals surface area contributed by atoms with E-state index in [1.807, 2.05) is 0 Å². The number of anilines is 1. The van der Waals surface area contributed by atoms with E-state index in [2.05, 4.69) is 4.74 Å². The van der Waals surface area contributed by atoms with Crippen molar-refractivity contribution in [2.24, 2.45) is 0 Å². The zero-order chi connectivity index (χ0) is 18.6. The van der Waals surface area contributed by atoms with Crippen molar-refractivity contribution in [3.05, 3.63) is 64.2 Å². The van der Waals surface area contributed by atoms with Crippen molar-refractivity contribution in [2.75, 3.05) is 19.1 Å². The molecule has 1 aromatic carbocycles. The van der Waals surface area contributed by atoms with Gasteiger partial charge in [0.1, 0.15) is 5.70 Å². The molecule has 0 amide bonds. The van der Waals surface area contributed by atoms with Gasteiger partial charge in [-0.3, -0.25) is 4.79 Å². The molecule has 6 nitrogen and oxygen atoms in total. The summed E-state index contributed by atoms with van der Waals surface area (Å²) in [4.78, 5) is 36.3. The second-order valence-corrected chi connectivity index (χ2v) is 5.11. The van der Waals surface area contributed by atoms with Gasteiger partial charge in [0.05, 0.1) is 30.5 Å². The number of allylic oxidation sites excluding steroid dienone is 2. The molecule has 0 unspecified atom stereocenters. The minimum absolute atomic E-state index is 0.0448. The number of hydrogen-bond acceptors (Lipinski definition) is 6. The molecule has 130 valence electrons. The third kappa shape index (κ3) is 3.46. The molecule has 0 atom stereocenters. The molecule has 2 rings (SSSR count).